The molecule has 0 aliphatic rings. The van der Waals surface area contributed by atoms with Gasteiger partial charge in [-0.3, -0.25) is 0 Å². The van der Waals surface area contributed by atoms with Gasteiger partial charge >= 0.3 is 0 Å². The molecule has 0 radical (unpaired) electrons. The highest BCUT2D eigenvalue weighted by atomic mass is 32.2. The summed E-state index contributed by atoms with van der Waals surface area (Å²) in [4.78, 5) is -0.141. The molecular weight excluding hydrogens is 281 g/mol. The number of sulfonamides is 1. The molecule has 2 rings (SSSR count). The Morgan fingerprint density at radius 3 is 2.25 bits per heavy atom. The van der Waals surface area contributed by atoms with Crippen LogP contribution in [0.1, 0.15) is 5.56 Å². The number of nitrogens with one attached hydrogen (secondary N) is 1. The summed E-state index contributed by atoms with van der Waals surface area (Å²) in [6, 6.07) is 8.93. The molecule has 0 amide bonds. The second kappa shape index (κ2) is 5.10. The molecule has 0 aliphatic heterocycles. The van der Waals surface area contributed by atoms with E-state index in [9.17, 15) is 12.8 Å². The number of anilines is 3. The van der Waals surface area contributed by atoms with Gasteiger partial charge in [-0.05, 0) is 42.8 Å². The molecule has 5 N–H and O–H groups in total. The molecule has 0 aromatic heterocycles. The maximum Gasteiger partial charge on any atom is 0.240 e. The van der Waals surface area contributed by atoms with Crippen LogP contribution in [0.25, 0.3) is 0 Å². The van der Waals surface area contributed by atoms with Crippen LogP contribution in [-0.4, -0.2) is 8.42 Å². The molecule has 0 unspecified atom stereocenters. The van der Waals surface area contributed by atoms with Crippen molar-refractivity contribution in [3.63, 3.8) is 0 Å². The summed E-state index contributed by atoms with van der Waals surface area (Å²) < 4.78 is 35.9. The minimum atomic E-state index is -3.85. The number of primary sulfonamides is 1. The van der Waals surface area contributed by atoms with Crippen molar-refractivity contribution in [2.24, 2.45) is 5.14 Å². The molecule has 106 valence electrons. The van der Waals surface area contributed by atoms with Crippen LogP contribution in [-0.2, 0) is 10.0 Å². The fourth-order valence-electron chi connectivity index (χ4n) is 1.72. The van der Waals surface area contributed by atoms with E-state index in [-0.39, 0.29) is 16.4 Å². The fraction of sp³-hybridized carbons (Fsp3) is 0.0769. The molecule has 0 aliphatic carbocycles. The van der Waals surface area contributed by atoms with Gasteiger partial charge in [0.25, 0.3) is 0 Å². The number of benzene rings is 2. The molecule has 0 saturated heterocycles. The van der Waals surface area contributed by atoms with Gasteiger partial charge in [-0.25, -0.2) is 17.9 Å². The van der Waals surface area contributed by atoms with E-state index in [0.29, 0.717) is 16.9 Å². The summed E-state index contributed by atoms with van der Waals surface area (Å²) in [6.45, 7) is 1.66. The predicted molar refractivity (Wildman–Crippen MR) is 76.6 cm³/mol. The first-order chi connectivity index (χ1) is 9.27. The van der Waals surface area contributed by atoms with Gasteiger partial charge in [0.15, 0.2) is 0 Å². The number of hydrogen-bond acceptors (Lipinski definition) is 4. The van der Waals surface area contributed by atoms with Crippen LogP contribution < -0.4 is 16.2 Å². The Balaban J connectivity index is 2.31. The van der Waals surface area contributed by atoms with E-state index in [1.54, 1.807) is 19.1 Å². The zero-order valence-electron chi connectivity index (χ0n) is 10.7. The van der Waals surface area contributed by atoms with Gasteiger partial charge in [-0.1, -0.05) is 6.07 Å². The van der Waals surface area contributed by atoms with Crippen molar-refractivity contribution in [2.75, 3.05) is 11.1 Å². The van der Waals surface area contributed by atoms with Gasteiger partial charge in [-0.15, -0.1) is 0 Å². The highest BCUT2D eigenvalue weighted by Crippen LogP contribution is 2.24. The molecule has 0 fully saturated rings. The zero-order chi connectivity index (χ0) is 14.9. The first kappa shape index (κ1) is 14.3. The summed E-state index contributed by atoms with van der Waals surface area (Å²) in [7, 11) is -3.85. The monoisotopic (exact) mass is 295 g/mol. The topological polar surface area (TPSA) is 98.2 Å². The highest BCUT2D eigenvalue weighted by Gasteiger charge is 2.12. The van der Waals surface area contributed by atoms with Gasteiger partial charge in [0.05, 0.1) is 5.69 Å². The molecular formula is C13H14FN3O2S. The Labute approximate surface area is 116 Å². The summed E-state index contributed by atoms with van der Waals surface area (Å²) in [5.41, 5.74) is 7.29. The van der Waals surface area contributed by atoms with E-state index in [1.807, 2.05) is 0 Å². The van der Waals surface area contributed by atoms with Crippen molar-refractivity contribution in [2.45, 2.75) is 11.8 Å². The molecule has 0 saturated carbocycles. The van der Waals surface area contributed by atoms with Gasteiger partial charge in [-0.2, -0.15) is 0 Å². The lowest BCUT2D eigenvalue weighted by atomic mass is 10.2. The summed E-state index contributed by atoms with van der Waals surface area (Å²) in [6.07, 6.45) is 0. The average Bonchev–Trinajstić information content (AvgIpc) is 2.32. The Morgan fingerprint density at radius 1 is 1.10 bits per heavy atom. The van der Waals surface area contributed by atoms with Crippen molar-refractivity contribution >= 4 is 27.1 Å². The van der Waals surface area contributed by atoms with Crippen molar-refractivity contribution in [1.82, 2.24) is 0 Å². The third kappa shape index (κ3) is 3.06. The van der Waals surface area contributed by atoms with Crippen LogP contribution in [0.4, 0.5) is 21.5 Å². The van der Waals surface area contributed by atoms with Crippen LogP contribution in [0.3, 0.4) is 0 Å². The van der Waals surface area contributed by atoms with Crippen LogP contribution >= 0.6 is 0 Å². The Morgan fingerprint density at radius 2 is 1.70 bits per heavy atom. The number of rotatable bonds is 3. The minimum absolute atomic E-state index is 0.0325. The SMILES string of the molecule is Cc1ccc(Nc2ccc(S(N)(=O)=O)c(N)c2)cc1F. The molecule has 20 heavy (non-hydrogen) atoms. The molecule has 0 atom stereocenters. The van der Waals surface area contributed by atoms with Crippen molar-refractivity contribution < 1.29 is 12.8 Å². The third-order valence-electron chi connectivity index (χ3n) is 2.78. The van der Waals surface area contributed by atoms with Crippen LogP contribution in [0, 0.1) is 12.7 Å². The van der Waals surface area contributed by atoms with E-state index in [0.717, 1.165) is 0 Å². The average molecular weight is 295 g/mol. The maximum absolute atomic E-state index is 13.4. The normalized spacial score (nSPS) is 11.3. The number of nitrogens with two attached hydrogens (primary N) is 2. The first-order valence-electron chi connectivity index (χ1n) is 5.73. The largest absolute Gasteiger partial charge is 0.398 e. The molecule has 0 spiro atoms. The standard InChI is InChI=1S/C13H14FN3O2S/c1-8-2-3-9(6-11(8)14)17-10-4-5-13(12(15)7-10)20(16,18)19/h2-7,17H,15H2,1H3,(H2,16,18,19). The lowest BCUT2D eigenvalue weighted by Gasteiger charge is -2.10. The van der Waals surface area contributed by atoms with Gasteiger partial charge in [0, 0.05) is 11.4 Å². The minimum Gasteiger partial charge on any atom is -0.398 e. The number of nitrogen functional groups attached to an aromatic ring is 1. The van der Waals surface area contributed by atoms with Crippen LogP contribution in [0.5, 0.6) is 0 Å². The van der Waals surface area contributed by atoms with Crippen LogP contribution in [0.2, 0.25) is 0 Å². The fourth-order valence-corrected chi connectivity index (χ4v) is 2.37. The Hall–Kier alpha value is -2.12. The highest BCUT2D eigenvalue weighted by molar-refractivity contribution is 7.89. The van der Waals surface area contributed by atoms with E-state index < -0.39 is 10.0 Å². The maximum atomic E-state index is 13.4. The summed E-state index contributed by atoms with van der Waals surface area (Å²) >= 11 is 0. The van der Waals surface area contributed by atoms with E-state index >= 15 is 0 Å². The smallest absolute Gasteiger partial charge is 0.240 e. The van der Waals surface area contributed by atoms with Gasteiger partial charge < -0.3 is 11.1 Å². The molecule has 7 heteroatoms. The number of aryl methyl sites for hydroxylation is 1. The van der Waals surface area contributed by atoms with Crippen molar-refractivity contribution in [1.29, 1.82) is 0 Å². The summed E-state index contributed by atoms with van der Waals surface area (Å²) in [5, 5.41) is 7.95. The van der Waals surface area contributed by atoms with Gasteiger partial charge in [0.1, 0.15) is 10.7 Å². The Kier molecular flexibility index (Phi) is 3.65. The lowest BCUT2D eigenvalue weighted by Crippen LogP contribution is -2.14. The van der Waals surface area contributed by atoms with Crippen LogP contribution in [0.15, 0.2) is 41.3 Å². The van der Waals surface area contributed by atoms with Crippen molar-refractivity contribution in [3.8, 4) is 0 Å². The number of hydrogen-bond donors (Lipinski definition) is 3. The molecule has 0 heterocycles. The molecule has 5 nitrogen and oxygen atoms in total. The van der Waals surface area contributed by atoms with E-state index in [1.165, 1.54) is 24.3 Å². The summed E-state index contributed by atoms with van der Waals surface area (Å²) in [5.74, 6) is -0.330. The van der Waals surface area contributed by atoms with E-state index in [2.05, 4.69) is 5.32 Å². The van der Waals surface area contributed by atoms with Gasteiger partial charge in [0.2, 0.25) is 10.0 Å². The first-order valence-corrected chi connectivity index (χ1v) is 7.27. The molecule has 2 aromatic rings. The number of halogens is 1. The lowest BCUT2D eigenvalue weighted by molar-refractivity contribution is 0.598. The molecule has 2 aromatic carbocycles. The van der Waals surface area contributed by atoms with Crippen molar-refractivity contribution in [3.05, 3.63) is 47.8 Å². The Bertz CT molecular complexity index is 760. The predicted octanol–water partition coefficient (Wildman–Crippen LogP) is 2.11. The molecule has 0 bridgehead atoms. The second-order valence-electron chi connectivity index (χ2n) is 4.39. The quantitative estimate of drug-likeness (QED) is 0.755. The second-order valence-corrected chi connectivity index (χ2v) is 5.92. The zero-order valence-corrected chi connectivity index (χ0v) is 11.5. The van der Waals surface area contributed by atoms with E-state index in [4.69, 9.17) is 10.9 Å². The third-order valence-corrected chi connectivity index (χ3v) is 3.76.